The van der Waals surface area contributed by atoms with E-state index < -0.39 is 0 Å². The van der Waals surface area contributed by atoms with Crippen molar-refractivity contribution in [2.75, 3.05) is 13.1 Å². The lowest BCUT2D eigenvalue weighted by atomic mass is 10.0. The maximum absolute atomic E-state index is 12.8. The van der Waals surface area contributed by atoms with E-state index in [0.717, 1.165) is 36.9 Å². The molecule has 3 rings (SSSR count). The van der Waals surface area contributed by atoms with Gasteiger partial charge < -0.3 is 10.6 Å². The Bertz CT molecular complexity index is 625. The molecule has 1 aromatic carbocycles. The Balaban J connectivity index is 1.78. The van der Waals surface area contributed by atoms with Gasteiger partial charge in [-0.3, -0.25) is 9.78 Å². The van der Waals surface area contributed by atoms with Crippen molar-refractivity contribution in [1.29, 1.82) is 0 Å². The van der Waals surface area contributed by atoms with Crippen LogP contribution in [0.2, 0.25) is 0 Å². The van der Waals surface area contributed by atoms with Gasteiger partial charge in [-0.25, -0.2) is 0 Å². The molecule has 1 atom stereocenters. The Hall–Kier alpha value is -2.20. The predicted octanol–water partition coefficient (Wildman–Crippen LogP) is 2.56. The maximum atomic E-state index is 12.8. The van der Waals surface area contributed by atoms with Crippen LogP contribution < -0.4 is 5.73 Å². The van der Waals surface area contributed by atoms with E-state index in [4.69, 9.17) is 5.73 Å². The van der Waals surface area contributed by atoms with Gasteiger partial charge in [0.15, 0.2) is 0 Å². The van der Waals surface area contributed by atoms with E-state index in [1.165, 1.54) is 5.56 Å². The third kappa shape index (κ3) is 3.02. The lowest BCUT2D eigenvalue weighted by molar-refractivity contribution is 0.0735. The molecule has 0 aliphatic carbocycles. The molecule has 4 nitrogen and oxygen atoms in total. The number of rotatable bonds is 4. The summed E-state index contributed by atoms with van der Waals surface area (Å²) in [6.45, 7) is 1.44. The molecule has 0 radical (unpaired) electrons. The fraction of sp³-hybridized carbons (Fsp3) is 0.333. The lowest BCUT2D eigenvalue weighted by Gasteiger charge is -2.25. The smallest absolute Gasteiger partial charge is 0.254 e. The molecule has 1 unspecified atom stereocenters. The highest BCUT2D eigenvalue weighted by molar-refractivity contribution is 5.94. The van der Waals surface area contributed by atoms with Crippen molar-refractivity contribution < 1.29 is 4.79 Å². The Morgan fingerprint density at radius 2 is 2.09 bits per heavy atom. The van der Waals surface area contributed by atoms with Gasteiger partial charge >= 0.3 is 0 Å². The van der Waals surface area contributed by atoms with E-state index in [-0.39, 0.29) is 11.9 Å². The summed E-state index contributed by atoms with van der Waals surface area (Å²) in [5.41, 5.74) is 8.60. The number of pyridine rings is 1. The maximum Gasteiger partial charge on any atom is 0.254 e. The minimum absolute atomic E-state index is 0.102. The van der Waals surface area contributed by atoms with E-state index in [1.54, 1.807) is 6.20 Å². The van der Waals surface area contributed by atoms with Gasteiger partial charge in [-0.2, -0.15) is 0 Å². The van der Waals surface area contributed by atoms with Crippen molar-refractivity contribution in [3.63, 3.8) is 0 Å². The van der Waals surface area contributed by atoms with Crippen LogP contribution in [-0.2, 0) is 6.42 Å². The van der Waals surface area contributed by atoms with Gasteiger partial charge in [0.25, 0.3) is 5.91 Å². The number of carbonyl (C=O) groups is 1. The molecule has 1 fully saturated rings. The van der Waals surface area contributed by atoms with Crippen LogP contribution in [0.15, 0.2) is 48.8 Å². The van der Waals surface area contributed by atoms with E-state index in [9.17, 15) is 4.79 Å². The molecule has 2 N–H and O–H groups in total. The van der Waals surface area contributed by atoms with E-state index in [2.05, 4.69) is 4.98 Å². The monoisotopic (exact) mass is 295 g/mol. The summed E-state index contributed by atoms with van der Waals surface area (Å²) in [5, 5.41) is 0. The van der Waals surface area contributed by atoms with Crippen molar-refractivity contribution in [2.24, 2.45) is 5.73 Å². The van der Waals surface area contributed by atoms with Crippen molar-refractivity contribution in [1.82, 2.24) is 9.88 Å². The first-order valence-corrected chi connectivity index (χ1v) is 7.79. The third-order valence-electron chi connectivity index (χ3n) is 4.22. The average molecular weight is 295 g/mol. The Morgan fingerprint density at radius 1 is 1.27 bits per heavy atom. The lowest BCUT2D eigenvalue weighted by Crippen LogP contribution is -2.30. The predicted molar refractivity (Wildman–Crippen MR) is 86.4 cm³/mol. The number of hydrogen-bond acceptors (Lipinski definition) is 3. The largest absolute Gasteiger partial charge is 0.332 e. The zero-order valence-corrected chi connectivity index (χ0v) is 12.6. The summed E-state index contributed by atoms with van der Waals surface area (Å²) >= 11 is 0. The summed E-state index contributed by atoms with van der Waals surface area (Å²) in [5.74, 6) is 0.102. The van der Waals surface area contributed by atoms with Crippen LogP contribution >= 0.6 is 0 Å². The highest BCUT2D eigenvalue weighted by Gasteiger charge is 2.30. The van der Waals surface area contributed by atoms with Gasteiger partial charge in [0.05, 0.1) is 6.04 Å². The molecule has 1 aromatic heterocycles. The number of hydrogen-bond donors (Lipinski definition) is 1. The number of carbonyl (C=O) groups excluding carboxylic acids is 1. The third-order valence-corrected chi connectivity index (χ3v) is 4.22. The molecule has 114 valence electrons. The molecule has 0 bridgehead atoms. The van der Waals surface area contributed by atoms with Crippen LogP contribution in [0.5, 0.6) is 0 Å². The second-order valence-electron chi connectivity index (χ2n) is 5.68. The molecule has 2 heterocycles. The fourth-order valence-corrected chi connectivity index (χ4v) is 3.08. The number of nitrogens with zero attached hydrogens (tertiary/aromatic N) is 2. The van der Waals surface area contributed by atoms with Crippen LogP contribution in [0.25, 0.3) is 0 Å². The molecule has 2 aromatic rings. The number of aromatic nitrogens is 1. The van der Waals surface area contributed by atoms with Gasteiger partial charge in [0.2, 0.25) is 0 Å². The first-order chi connectivity index (χ1) is 10.8. The number of benzene rings is 1. The molecule has 1 saturated heterocycles. The topological polar surface area (TPSA) is 59.2 Å². The van der Waals surface area contributed by atoms with E-state index >= 15 is 0 Å². The van der Waals surface area contributed by atoms with Crippen molar-refractivity contribution in [3.05, 3.63) is 65.5 Å². The standard InChI is InChI=1S/C18H21N3O/c19-10-9-14-5-7-15(8-6-14)18(22)21-12-2-4-17(21)16-3-1-11-20-13-16/h1,3,5-8,11,13,17H,2,4,9-10,12,19H2. The number of amides is 1. The summed E-state index contributed by atoms with van der Waals surface area (Å²) in [6.07, 6.45) is 6.51. The molecule has 1 aliphatic heterocycles. The minimum Gasteiger partial charge on any atom is -0.332 e. The fourth-order valence-electron chi connectivity index (χ4n) is 3.08. The van der Waals surface area contributed by atoms with Crippen LogP contribution in [0.3, 0.4) is 0 Å². The number of likely N-dealkylation sites (tertiary alicyclic amines) is 1. The first-order valence-electron chi connectivity index (χ1n) is 7.79. The summed E-state index contributed by atoms with van der Waals surface area (Å²) in [7, 11) is 0. The molecule has 1 amide bonds. The zero-order chi connectivity index (χ0) is 15.4. The summed E-state index contributed by atoms with van der Waals surface area (Å²) in [4.78, 5) is 18.9. The molecule has 0 spiro atoms. The summed E-state index contributed by atoms with van der Waals surface area (Å²) < 4.78 is 0. The second kappa shape index (κ2) is 6.71. The minimum atomic E-state index is 0.102. The van der Waals surface area contributed by atoms with Crippen LogP contribution in [0.1, 0.15) is 40.4 Å². The quantitative estimate of drug-likeness (QED) is 0.943. The van der Waals surface area contributed by atoms with Gasteiger partial charge in [-0.1, -0.05) is 18.2 Å². The molecule has 0 saturated carbocycles. The highest BCUT2D eigenvalue weighted by Crippen LogP contribution is 2.32. The zero-order valence-electron chi connectivity index (χ0n) is 12.6. The van der Waals surface area contributed by atoms with Gasteiger partial charge in [0.1, 0.15) is 0 Å². The summed E-state index contributed by atoms with van der Waals surface area (Å²) in [6, 6.07) is 11.9. The second-order valence-corrected chi connectivity index (χ2v) is 5.68. The molecule has 4 heteroatoms. The first kappa shape index (κ1) is 14.7. The van der Waals surface area contributed by atoms with Crippen LogP contribution in [-0.4, -0.2) is 28.9 Å². The van der Waals surface area contributed by atoms with E-state index in [0.29, 0.717) is 6.54 Å². The highest BCUT2D eigenvalue weighted by atomic mass is 16.2. The van der Waals surface area contributed by atoms with Crippen molar-refractivity contribution in [2.45, 2.75) is 25.3 Å². The normalized spacial score (nSPS) is 17.7. The van der Waals surface area contributed by atoms with Crippen molar-refractivity contribution >= 4 is 5.91 Å². The van der Waals surface area contributed by atoms with Gasteiger partial charge in [0, 0.05) is 24.5 Å². The molecular formula is C18H21N3O. The Morgan fingerprint density at radius 3 is 2.77 bits per heavy atom. The molecule has 22 heavy (non-hydrogen) atoms. The van der Waals surface area contributed by atoms with Gasteiger partial charge in [-0.05, 0) is 55.1 Å². The van der Waals surface area contributed by atoms with Gasteiger partial charge in [-0.15, -0.1) is 0 Å². The van der Waals surface area contributed by atoms with Crippen LogP contribution in [0.4, 0.5) is 0 Å². The molecule has 1 aliphatic rings. The SMILES string of the molecule is NCCc1ccc(C(=O)N2CCCC2c2cccnc2)cc1. The Kier molecular flexibility index (Phi) is 4.49. The van der Waals surface area contributed by atoms with Crippen LogP contribution in [0, 0.1) is 0 Å². The van der Waals surface area contributed by atoms with Crippen molar-refractivity contribution in [3.8, 4) is 0 Å². The number of nitrogens with two attached hydrogens (primary N) is 1. The average Bonchev–Trinajstić information content (AvgIpc) is 3.06. The Labute approximate surface area is 131 Å². The van der Waals surface area contributed by atoms with E-state index in [1.807, 2.05) is 47.5 Å². The molecular weight excluding hydrogens is 274 g/mol.